The van der Waals surface area contributed by atoms with Crippen molar-refractivity contribution in [2.45, 2.75) is 32.6 Å². The number of nitrogens with one attached hydrogen (secondary N) is 1. The fourth-order valence-electron chi connectivity index (χ4n) is 3.30. The molecule has 1 saturated heterocycles. The Balaban J connectivity index is 1.39. The third-order valence-corrected chi connectivity index (χ3v) is 4.82. The van der Waals surface area contributed by atoms with Crippen molar-refractivity contribution < 1.29 is 9.21 Å². The molecule has 4 nitrogen and oxygen atoms in total. The van der Waals surface area contributed by atoms with E-state index in [2.05, 4.69) is 23.2 Å². The topological polar surface area (TPSA) is 45.5 Å². The van der Waals surface area contributed by atoms with Gasteiger partial charge in [-0.25, -0.2) is 0 Å². The molecule has 2 aliphatic rings. The van der Waals surface area contributed by atoms with Gasteiger partial charge in [-0.05, 0) is 56.9 Å². The second-order valence-electron chi connectivity index (χ2n) is 6.77. The molecule has 0 spiro atoms. The Kier molecular flexibility index (Phi) is 4.98. The normalized spacial score (nSPS) is 23.5. The van der Waals surface area contributed by atoms with Crippen molar-refractivity contribution in [2.75, 3.05) is 26.2 Å². The van der Waals surface area contributed by atoms with Gasteiger partial charge in [0.15, 0.2) is 0 Å². The molecule has 2 fully saturated rings. The van der Waals surface area contributed by atoms with Crippen LogP contribution in [0.2, 0.25) is 0 Å². The number of likely N-dealkylation sites (tertiary alicyclic amines) is 1. The van der Waals surface area contributed by atoms with E-state index in [1.54, 1.807) is 6.26 Å². The van der Waals surface area contributed by atoms with Gasteiger partial charge in [0.1, 0.15) is 5.76 Å². The quantitative estimate of drug-likeness (QED) is 0.879. The maximum atomic E-state index is 11.9. The van der Waals surface area contributed by atoms with Gasteiger partial charge in [-0.1, -0.05) is 12.0 Å². The Hall–Kier alpha value is -1.55. The number of rotatable bonds is 6. The molecule has 4 heteroatoms. The SMILES string of the molecule is CC(=Cc1ccco1)CN1CCC(CNC(=O)C2CCC2)C1. The number of carbonyl (C=O) groups is 1. The Morgan fingerprint density at radius 2 is 2.32 bits per heavy atom. The summed E-state index contributed by atoms with van der Waals surface area (Å²) in [5, 5.41) is 3.14. The molecule has 1 aliphatic heterocycles. The third-order valence-electron chi connectivity index (χ3n) is 4.82. The van der Waals surface area contributed by atoms with Crippen molar-refractivity contribution in [2.24, 2.45) is 11.8 Å². The van der Waals surface area contributed by atoms with E-state index in [1.807, 2.05) is 12.1 Å². The van der Waals surface area contributed by atoms with E-state index < -0.39 is 0 Å². The van der Waals surface area contributed by atoms with E-state index in [9.17, 15) is 4.79 Å². The van der Waals surface area contributed by atoms with Crippen LogP contribution in [0, 0.1) is 11.8 Å². The van der Waals surface area contributed by atoms with E-state index in [0.717, 1.165) is 44.8 Å². The maximum absolute atomic E-state index is 11.9. The fraction of sp³-hybridized carbons (Fsp3) is 0.611. The predicted octanol–water partition coefficient (Wildman–Crippen LogP) is 2.92. The standard InChI is InChI=1S/C18H26N2O2/c1-14(10-17-6-3-9-22-17)12-20-8-7-15(13-20)11-19-18(21)16-4-2-5-16/h3,6,9-10,15-16H,2,4-5,7-8,11-13H2,1H3,(H,19,21). The minimum atomic E-state index is 0.276. The van der Waals surface area contributed by atoms with Gasteiger partial charge in [0, 0.05) is 25.6 Å². The summed E-state index contributed by atoms with van der Waals surface area (Å²) in [5.74, 6) is 2.09. The smallest absolute Gasteiger partial charge is 0.223 e. The van der Waals surface area contributed by atoms with Crippen molar-refractivity contribution in [3.8, 4) is 0 Å². The minimum Gasteiger partial charge on any atom is -0.465 e. The van der Waals surface area contributed by atoms with Gasteiger partial charge in [-0.3, -0.25) is 9.69 Å². The highest BCUT2D eigenvalue weighted by Gasteiger charge is 2.27. The van der Waals surface area contributed by atoms with Gasteiger partial charge in [-0.15, -0.1) is 0 Å². The molecule has 22 heavy (non-hydrogen) atoms. The summed E-state index contributed by atoms with van der Waals surface area (Å²) < 4.78 is 5.35. The monoisotopic (exact) mass is 302 g/mol. The van der Waals surface area contributed by atoms with Crippen LogP contribution in [0.4, 0.5) is 0 Å². The second kappa shape index (κ2) is 7.14. The first-order valence-electron chi connectivity index (χ1n) is 8.41. The molecule has 1 aliphatic carbocycles. The van der Waals surface area contributed by atoms with Gasteiger partial charge in [-0.2, -0.15) is 0 Å². The highest BCUT2D eigenvalue weighted by atomic mass is 16.3. The number of hydrogen-bond acceptors (Lipinski definition) is 3. The lowest BCUT2D eigenvalue weighted by atomic mass is 9.85. The van der Waals surface area contributed by atoms with Crippen molar-refractivity contribution in [1.29, 1.82) is 0 Å². The number of nitrogens with zero attached hydrogens (tertiary/aromatic N) is 1. The van der Waals surface area contributed by atoms with Gasteiger partial charge in [0.2, 0.25) is 5.91 Å². The van der Waals surface area contributed by atoms with Crippen LogP contribution in [0.1, 0.15) is 38.4 Å². The summed E-state index contributed by atoms with van der Waals surface area (Å²) in [6.07, 6.45) is 8.37. The Morgan fingerprint density at radius 3 is 3.00 bits per heavy atom. The molecule has 1 aromatic heterocycles. The minimum absolute atomic E-state index is 0.276. The zero-order valence-electron chi connectivity index (χ0n) is 13.4. The van der Waals surface area contributed by atoms with Crippen molar-refractivity contribution in [3.63, 3.8) is 0 Å². The molecule has 0 aromatic carbocycles. The highest BCUT2D eigenvalue weighted by Crippen LogP contribution is 2.26. The highest BCUT2D eigenvalue weighted by molar-refractivity contribution is 5.79. The molecule has 2 heterocycles. The lowest BCUT2D eigenvalue weighted by molar-refractivity contribution is -0.127. The molecule has 120 valence electrons. The number of furan rings is 1. The van der Waals surface area contributed by atoms with Crippen molar-refractivity contribution >= 4 is 12.0 Å². The molecule has 0 bridgehead atoms. The number of hydrogen-bond donors (Lipinski definition) is 1. The largest absolute Gasteiger partial charge is 0.465 e. The number of carbonyl (C=O) groups excluding carboxylic acids is 1. The lowest BCUT2D eigenvalue weighted by Crippen LogP contribution is -2.37. The first-order valence-corrected chi connectivity index (χ1v) is 8.41. The average molecular weight is 302 g/mol. The van der Waals surface area contributed by atoms with Gasteiger partial charge >= 0.3 is 0 Å². The van der Waals surface area contributed by atoms with E-state index >= 15 is 0 Å². The van der Waals surface area contributed by atoms with Crippen LogP contribution in [-0.4, -0.2) is 37.0 Å². The van der Waals surface area contributed by atoms with E-state index in [0.29, 0.717) is 11.8 Å². The van der Waals surface area contributed by atoms with Crippen LogP contribution in [-0.2, 0) is 4.79 Å². The first-order chi connectivity index (χ1) is 10.7. The van der Waals surface area contributed by atoms with E-state index in [1.165, 1.54) is 18.4 Å². The van der Waals surface area contributed by atoms with Crippen molar-refractivity contribution in [3.05, 3.63) is 29.7 Å². The van der Waals surface area contributed by atoms with Crippen LogP contribution in [0.3, 0.4) is 0 Å². The van der Waals surface area contributed by atoms with Gasteiger partial charge < -0.3 is 9.73 Å². The van der Waals surface area contributed by atoms with E-state index in [4.69, 9.17) is 4.42 Å². The third kappa shape index (κ3) is 4.01. The Morgan fingerprint density at radius 1 is 1.45 bits per heavy atom. The van der Waals surface area contributed by atoms with Gasteiger partial charge in [0.25, 0.3) is 0 Å². The summed E-state index contributed by atoms with van der Waals surface area (Å²) in [6.45, 7) is 6.16. The Labute approximate surface area is 132 Å². The molecule has 1 aromatic rings. The first kappa shape index (κ1) is 15.3. The summed E-state index contributed by atoms with van der Waals surface area (Å²) >= 11 is 0. The number of amides is 1. The van der Waals surface area contributed by atoms with Crippen LogP contribution >= 0.6 is 0 Å². The molecule has 1 saturated carbocycles. The van der Waals surface area contributed by atoms with Crippen LogP contribution in [0.5, 0.6) is 0 Å². The lowest BCUT2D eigenvalue weighted by Gasteiger charge is -2.25. The molecule has 1 amide bonds. The Bertz CT molecular complexity index is 517. The summed E-state index contributed by atoms with van der Waals surface area (Å²) in [4.78, 5) is 14.3. The van der Waals surface area contributed by atoms with Crippen LogP contribution in [0.15, 0.2) is 28.4 Å². The molecular weight excluding hydrogens is 276 g/mol. The molecule has 1 N–H and O–H groups in total. The predicted molar refractivity (Wildman–Crippen MR) is 87.3 cm³/mol. The zero-order valence-corrected chi connectivity index (χ0v) is 13.4. The van der Waals surface area contributed by atoms with Gasteiger partial charge in [0.05, 0.1) is 6.26 Å². The molecule has 3 rings (SSSR count). The maximum Gasteiger partial charge on any atom is 0.223 e. The van der Waals surface area contributed by atoms with E-state index in [-0.39, 0.29) is 5.91 Å². The van der Waals surface area contributed by atoms with Crippen LogP contribution in [0.25, 0.3) is 6.08 Å². The summed E-state index contributed by atoms with van der Waals surface area (Å²) in [5.41, 5.74) is 1.31. The molecular formula is C18H26N2O2. The molecule has 1 unspecified atom stereocenters. The summed E-state index contributed by atoms with van der Waals surface area (Å²) in [7, 11) is 0. The average Bonchev–Trinajstić information content (AvgIpc) is 3.06. The van der Waals surface area contributed by atoms with Crippen LogP contribution < -0.4 is 5.32 Å². The van der Waals surface area contributed by atoms with Crippen molar-refractivity contribution in [1.82, 2.24) is 10.2 Å². The fourth-order valence-corrected chi connectivity index (χ4v) is 3.30. The second-order valence-corrected chi connectivity index (χ2v) is 6.77. The molecule has 1 atom stereocenters. The zero-order chi connectivity index (χ0) is 15.4. The molecule has 0 radical (unpaired) electrons. The summed E-state index contributed by atoms with van der Waals surface area (Å²) in [6, 6.07) is 3.89.